The Bertz CT molecular complexity index is 448. The Balaban J connectivity index is 1.88. The molecule has 2 aliphatic rings. The zero-order valence-corrected chi connectivity index (χ0v) is 11.0. The minimum Gasteiger partial charge on any atom is -0.394 e. The fraction of sp³-hybridized carbons (Fsp3) is 0.750. The molecule has 7 nitrogen and oxygen atoms in total. The number of hydrogen-bond acceptors (Lipinski definition) is 7. The molecule has 1 aromatic heterocycles. The van der Waals surface area contributed by atoms with E-state index in [0.29, 0.717) is 11.9 Å². The fourth-order valence-corrected chi connectivity index (χ4v) is 2.85. The second kappa shape index (κ2) is 5.16. The molecule has 104 valence electrons. The number of hydrogen-bond donors (Lipinski definition) is 2. The fourth-order valence-electron chi connectivity index (χ4n) is 2.85. The van der Waals surface area contributed by atoms with Crippen LogP contribution in [0.3, 0.4) is 0 Å². The molecule has 3 N–H and O–H groups in total. The summed E-state index contributed by atoms with van der Waals surface area (Å²) in [5.74, 6) is 1.53. The van der Waals surface area contributed by atoms with Crippen molar-refractivity contribution in [1.82, 2.24) is 15.0 Å². The molecule has 0 bridgehead atoms. The van der Waals surface area contributed by atoms with Crippen molar-refractivity contribution in [2.75, 3.05) is 41.8 Å². The lowest BCUT2D eigenvalue weighted by Gasteiger charge is -2.24. The molecule has 3 rings (SSSR count). The lowest BCUT2D eigenvalue weighted by Crippen LogP contribution is -2.34. The summed E-state index contributed by atoms with van der Waals surface area (Å²) in [6.45, 7) is 2.96. The number of nitrogens with two attached hydrogens (primary N) is 1. The average Bonchev–Trinajstić information content (AvgIpc) is 3.09. The van der Waals surface area contributed by atoms with Crippen molar-refractivity contribution in [2.24, 2.45) is 0 Å². The van der Waals surface area contributed by atoms with Crippen LogP contribution in [0.5, 0.6) is 0 Å². The number of anilines is 3. The van der Waals surface area contributed by atoms with Gasteiger partial charge in [0.15, 0.2) is 0 Å². The van der Waals surface area contributed by atoms with Crippen molar-refractivity contribution < 1.29 is 5.11 Å². The predicted octanol–water partition coefficient (Wildman–Crippen LogP) is 0.0151. The second-order valence-electron chi connectivity index (χ2n) is 5.16. The van der Waals surface area contributed by atoms with Crippen LogP contribution >= 0.6 is 0 Å². The van der Waals surface area contributed by atoms with Crippen LogP contribution in [0.1, 0.15) is 25.7 Å². The van der Waals surface area contributed by atoms with Crippen LogP contribution in [0, 0.1) is 0 Å². The number of aromatic nitrogens is 3. The highest BCUT2D eigenvalue weighted by atomic mass is 16.3. The molecule has 1 atom stereocenters. The molecule has 0 aromatic carbocycles. The maximum atomic E-state index is 9.39. The van der Waals surface area contributed by atoms with Gasteiger partial charge in [-0.2, -0.15) is 15.0 Å². The molecule has 19 heavy (non-hydrogen) atoms. The van der Waals surface area contributed by atoms with Crippen LogP contribution < -0.4 is 15.5 Å². The van der Waals surface area contributed by atoms with E-state index in [2.05, 4.69) is 19.9 Å². The predicted molar refractivity (Wildman–Crippen MR) is 73.1 cm³/mol. The molecule has 0 aliphatic carbocycles. The van der Waals surface area contributed by atoms with Crippen LogP contribution in [0.2, 0.25) is 0 Å². The van der Waals surface area contributed by atoms with Gasteiger partial charge in [-0.1, -0.05) is 0 Å². The smallest absolute Gasteiger partial charge is 0.232 e. The van der Waals surface area contributed by atoms with Gasteiger partial charge in [0.05, 0.1) is 12.6 Å². The van der Waals surface area contributed by atoms with E-state index in [1.807, 2.05) is 4.90 Å². The van der Waals surface area contributed by atoms with Gasteiger partial charge in [-0.05, 0) is 25.7 Å². The minimum atomic E-state index is 0.105. The quantitative estimate of drug-likeness (QED) is 0.795. The van der Waals surface area contributed by atoms with Gasteiger partial charge in [0.2, 0.25) is 17.8 Å². The van der Waals surface area contributed by atoms with Gasteiger partial charge in [-0.15, -0.1) is 0 Å². The third-order valence-electron chi connectivity index (χ3n) is 3.86. The normalized spacial score (nSPS) is 23.3. The average molecular weight is 264 g/mol. The van der Waals surface area contributed by atoms with Crippen LogP contribution in [-0.2, 0) is 0 Å². The van der Waals surface area contributed by atoms with Gasteiger partial charge < -0.3 is 20.6 Å². The lowest BCUT2D eigenvalue weighted by atomic mass is 10.2. The number of nitrogen functional groups attached to an aromatic ring is 1. The van der Waals surface area contributed by atoms with E-state index in [4.69, 9.17) is 5.73 Å². The monoisotopic (exact) mass is 264 g/mol. The number of rotatable bonds is 3. The second-order valence-corrected chi connectivity index (χ2v) is 5.16. The zero-order valence-electron chi connectivity index (χ0n) is 11.0. The van der Waals surface area contributed by atoms with Crippen molar-refractivity contribution in [1.29, 1.82) is 0 Å². The van der Waals surface area contributed by atoms with Crippen LogP contribution in [0.15, 0.2) is 0 Å². The molecule has 1 aromatic rings. The van der Waals surface area contributed by atoms with Gasteiger partial charge in [0, 0.05) is 19.6 Å². The maximum Gasteiger partial charge on any atom is 0.232 e. The lowest BCUT2D eigenvalue weighted by molar-refractivity contribution is 0.265. The van der Waals surface area contributed by atoms with E-state index in [0.717, 1.165) is 32.5 Å². The first-order valence-electron chi connectivity index (χ1n) is 6.92. The van der Waals surface area contributed by atoms with Gasteiger partial charge in [0.25, 0.3) is 0 Å². The molecular weight excluding hydrogens is 244 g/mol. The van der Waals surface area contributed by atoms with Crippen molar-refractivity contribution in [3.63, 3.8) is 0 Å². The van der Waals surface area contributed by atoms with Crippen molar-refractivity contribution in [2.45, 2.75) is 31.7 Å². The Labute approximate surface area is 112 Å². The number of aliphatic hydroxyl groups excluding tert-OH is 1. The summed E-state index contributed by atoms with van der Waals surface area (Å²) in [6.07, 6.45) is 4.37. The molecule has 2 aliphatic heterocycles. The molecule has 2 saturated heterocycles. The Morgan fingerprint density at radius 1 is 1.05 bits per heavy atom. The molecule has 0 spiro atoms. The third-order valence-corrected chi connectivity index (χ3v) is 3.86. The largest absolute Gasteiger partial charge is 0.394 e. The Morgan fingerprint density at radius 2 is 1.79 bits per heavy atom. The molecule has 3 heterocycles. The van der Waals surface area contributed by atoms with Gasteiger partial charge in [-0.25, -0.2) is 0 Å². The van der Waals surface area contributed by atoms with E-state index < -0.39 is 0 Å². The van der Waals surface area contributed by atoms with Crippen molar-refractivity contribution in [3.8, 4) is 0 Å². The molecule has 0 amide bonds. The van der Waals surface area contributed by atoms with Crippen LogP contribution in [0.25, 0.3) is 0 Å². The van der Waals surface area contributed by atoms with Gasteiger partial charge in [-0.3, -0.25) is 0 Å². The highest BCUT2D eigenvalue weighted by Crippen LogP contribution is 2.25. The summed E-state index contributed by atoms with van der Waals surface area (Å²) >= 11 is 0. The van der Waals surface area contributed by atoms with E-state index in [1.54, 1.807) is 0 Å². The first-order valence-corrected chi connectivity index (χ1v) is 6.92. The topological polar surface area (TPSA) is 91.4 Å². The molecule has 2 fully saturated rings. The molecule has 7 heteroatoms. The first-order chi connectivity index (χ1) is 9.28. The molecule has 1 unspecified atom stereocenters. The third kappa shape index (κ3) is 2.42. The van der Waals surface area contributed by atoms with Crippen molar-refractivity contribution >= 4 is 17.8 Å². The summed E-state index contributed by atoms with van der Waals surface area (Å²) in [5, 5.41) is 9.39. The van der Waals surface area contributed by atoms with Crippen LogP contribution in [-0.4, -0.2) is 52.3 Å². The van der Waals surface area contributed by atoms with E-state index in [9.17, 15) is 5.11 Å². The Hall–Kier alpha value is -1.63. The summed E-state index contributed by atoms with van der Waals surface area (Å²) in [6, 6.07) is 0.105. The summed E-state index contributed by atoms with van der Waals surface area (Å²) in [4.78, 5) is 17.2. The van der Waals surface area contributed by atoms with Gasteiger partial charge in [0.1, 0.15) is 0 Å². The van der Waals surface area contributed by atoms with Gasteiger partial charge >= 0.3 is 0 Å². The van der Waals surface area contributed by atoms with E-state index in [-0.39, 0.29) is 18.6 Å². The Morgan fingerprint density at radius 3 is 2.53 bits per heavy atom. The maximum absolute atomic E-state index is 9.39. The highest BCUT2D eigenvalue weighted by molar-refractivity contribution is 5.45. The summed E-state index contributed by atoms with van der Waals surface area (Å²) in [5.41, 5.74) is 5.80. The zero-order chi connectivity index (χ0) is 13.2. The number of nitrogens with zero attached hydrogens (tertiary/aromatic N) is 5. The van der Waals surface area contributed by atoms with Crippen LogP contribution in [0.4, 0.5) is 17.8 Å². The Kier molecular flexibility index (Phi) is 3.37. The standard InChI is InChI=1S/C12H20N6O/c13-10-14-11(17-5-1-2-6-17)16-12(15-10)18-7-3-4-9(18)8-19/h9,19H,1-8H2,(H2,13,14,15,16). The van der Waals surface area contributed by atoms with E-state index in [1.165, 1.54) is 12.8 Å². The van der Waals surface area contributed by atoms with E-state index >= 15 is 0 Å². The summed E-state index contributed by atoms with van der Waals surface area (Å²) in [7, 11) is 0. The highest BCUT2D eigenvalue weighted by Gasteiger charge is 2.27. The summed E-state index contributed by atoms with van der Waals surface area (Å²) < 4.78 is 0. The minimum absolute atomic E-state index is 0.105. The molecular formula is C12H20N6O. The van der Waals surface area contributed by atoms with Crippen molar-refractivity contribution in [3.05, 3.63) is 0 Å². The first kappa shape index (κ1) is 12.4. The molecule has 0 saturated carbocycles. The number of aliphatic hydroxyl groups is 1. The molecule has 0 radical (unpaired) electrons. The SMILES string of the molecule is Nc1nc(N2CCCC2)nc(N2CCCC2CO)n1.